The molecular weight excluding hydrogens is 313 g/mol. The van der Waals surface area contributed by atoms with Crippen LogP contribution in [0.3, 0.4) is 0 Å². The van der Waals surface area contributed by atoms with Crippen molar-refractivity contribution in [3.63, 3.8) is 0 Å². The second-order valence-corrected chi connectivity index (χ2v) is 5.88. The van der Waals surface area contributed by atoms with E-state index < -0.39 is 0 Å². The van der Waals surface area contributed by atoms with E-state index >= 15 is 0 Å². The molecule has 0 fully saturated rings. The molecule has 5 heteroatoms. The molecule has 3 nitrogen and oxygen atoms in total. The van der Waals surface area contributed by atoms with Gasteiger partial charge in [-0.1, -0.05) is 11.6 Å². The number of rotatable bonds is 5. The monoisotopic (exact) mass is 333 g/mol. The molecule has 0 saturated heterocycles. The maximum atomic E-state index is 14.5. The lowest BCUT2D eigenvalue weighted by Gasteiger charge is -2.21. The lowest BCUT2D eigenvalue weighted by atomic mass is 10.1. The first-order chi connectivity index (χ1) is 10.9. The zero-order chi connectivity index (χ0) is 17.0. The van der Waals surface area contributed by atoms with Crippen molar-refractivity contribution in [1.29, 1.82) is 0 Å². The van der Waals surface area contributed by atoms with E-state index in [1.54, 1.807) is 23.4 Å². The number of aryl methyl sites for hydroxylation is 1. The summed E-state index contributed by atoms with van der Waals surface area (Å²) >= 11 is 5.90. The quantitative estimate of drug-likeness (QED) is 0.555. The van der Waals surface area contributed by atoms with Crippen LogP contribution in [0.4, 0.5) is 21.5 Å². The summed E-state index contributed by atoms with van der Waals surface area (Å²) in [6.45, 7) is 4.81. The van der Waals surface area contributed by atoms with Crippen LogP contribution in [0.2, 0.25) is 5.02 Å². The van der Waals surface area contributed by atoms with Crippen molar-refractivity contribution in [2.45, 2.75) is 13.8 Å². The molecule has 0 saturated carbocycles. The highest BCUT2D eigenvalue weighted by Crippen LogP contribution is 2.32. The van der Waals surface area contributed by atoms with Crippen LogP contribution in [-0.4, -0.2) is 31.9 Å². The predicted molar refractivity (Wildman–Crippen MR) is 97.1 cm³/mol. The largest absolute Gasteiger partial charge is 0.366 e. The number of nitrogens with zero attached hydrogens (tertiary/aromatic N) is 3. The number of hydrogen-bond donors (Lipinski definition) is 0. The minimum Gasteiger partial charge on any atom is -0.366 e. The van der Waals surface area contributed by atoms with E-state index in [0.29, 0.717) is 16.4 Å². The Morgan fingerprint density at radius 2 is 1.83 bits per heavy atom. The molecule has 23 heavy (non-hydrogen) atoms. The van der Waals surface area contributed by atoms with E-state index in [0.717, 1.165) is 17.8 Å². The van der Waals surface area contributed by atoms with Gasteiger partial charge in [0.2, 0.25) is 0 Å². The fraction of sp³-hybridized carbons (Fsp3) is 0.278. The van der Waals surface area contributed by atoms with Gasteiger partial charge in [-0.15, -0.1) is 0 Å². The van der Waals surface area contributed by atoms with Gasteiger partial charge in [-0.3, -0.25) is 0 Å². The minimum atomic E-state index is -0.306. The Labute approximate surface area is 142 Å². The molecule has 0 aliphatic rings. The second-order valence-electron chi connectivity index (χ2n) is 5.44. The number of aliphatic imine (C=N–C) groups is 1. The van der Waals surface area contributed by atoms with Crippen molar-refractivity contribution in [3.05, 3.63) is 52.8 Å². The fourth-order valence-electron chi connectivity index (χ4n) is 2.10. The number of anilines is 2. The summed E-state index contributed by atoms with van der Waals surface area (Å²) in [5.41, 5.74) is 2.93. The smallest absolute Gasteiger partial charge is 0.148 e. The minimum absolute atomic E-state index is 0.306. The van der Waals surface area contributed by atoms with Gasteiger partial charge >= 0.3 is 0 Å². The average molecular weight is 334 g/mol. The Morgan fingerprint density at radius 1 is 1.17 bits per heavy atom. The van der Waals surface area contributed by atoms with Crippen LogP contribution < -0.4 is 4.90 Å². The van der Waals surface area contributed by atoms with Gasteiger partial charge in [0.05, 0.1) is 17.7 Å². The van der Waals surface area contributed by atoms with Gasteiger partial charge in [-0.2, -0.15) is 0 Å². The summed E-state index contributed by atoms with van der Waals surface area (Å²) in [5.74, 6) is -0.306. The van der Waals surface area contributed by atoms with Crippen molar-refractivity contribution in [2.24, 2.45) is 4.99 Å². The van der Waals surface area contributed by atoms with Crippen LogP contribution >= 0.6 is 11.6 Å². The molecule has 0 heterocycles. The van der Waals surface area contributed by atoms with Crippen molar-refractivity contribution in [1.82, 2.24) is 4.90 Å². The molecule has 0 amide bonds. The number of halogens is 2. The van der Waals surface area contributed by atoms with Gasteiger partial charge < -0.3 is 9.80 Å². The molecule has 0 aliphatic heterocycles. The fourth-order valence-corrected chi connectivity index (χ4v) is 2.22. The normalized spacial score (nSPS) is 11.0. The third kappa shape index (κ3) is 4.23. The van der Waals surface area contributed by atoms with Crippen LogP contribution in [0, 0.1) is 12.7 Å². The Bertz CT molecular complexity index is 698. The Balaban J connectivity index is 2.32. The summed E-state index contributed by atoms with van der Waals surface area (Å²) in [6.07, 6.45) is 1.71. The predicted octanol–water partition coefficient (Wildman–Crippen LogP) is 5.17. The lowest BCUT2D eigenvalue weighted by molar-refractivity contribution is 0.552. The highest BCUT2D eigenvalue weighted by atomic mass is 35.5. The zero-order valence-electron chi connectivity index (χ0n) is 13.8. The first kappa shape index (κ1) is 17.3. The van der Waals surface area contributed by atoms with E-state index in [2.05, 4.69) is 4.99 Å². The summed E-state index contributed by atoms with van der Waals surface area (Å²) in [6, 6.07) is 10.6. The van der Waals surface area contributed by atoms with E-state index in [1.165, 1.54) is 6.07 Å². The molecule has 0 aromatic heterocycles. The standard InChI is InChI=1S/C18H21ClFN3/c1-5-22(3)12-21-17-11-16(20)18(10-13(17)2)23(4)15-8-6-14(19)7-9-15/h6-12H,5H2,1-4H3/b21-12-. The maximum Gasteiger partial charge on any atom is 0.148 e. The van der Waals surface area contributed by atoms with Gasteiger partial charge in [0.15, 0.2) is 0 Å². The van der Waals surface area contributed by atoms with E-state index in [-0.39, 0.29) is 5.82 Å². The van der Waals surface area contributed by atoms with Gasteiger partial charge in [0.25, 0.3) is 0 Å². The molecule has 2 aromatic carbocycles. The molecule has 0 N–H and O–H groups in total. The molecule has 0 radical (unpaired) electrons. The Kier molecular flexibility index (Phi) is 5.61. The van der Waals surface area contributed by atoms with Gasteiger partial charge in [-0.25, -0.2) is 9.38 Å². The van der Waals surface area contributed by atoms with E-state index in [9.17, 15) is 4.39 Å². The number of benzene rings is 2. The molecule has 0 atom stereocenters. The van der Waals surface area contributed by atoms with E-state index in [1.807, 2.05) is 51.0 Å². The summed E-state index contributed by atoms with van der Waals surface area (Å²) in [7, 11) is 3.76. The first-order valence-corrected chi connectivity index (χ1v) is 7.84. The molecular formula is C18H21ClFN3. The van der Waals surface area contributed by atoms with Crippen LogP contribution in [0.5, 0.6) is 0 Å². The molecule has 0 aliphatic carbocycles. The summed E-state index contributed by atoms with van der Waals surface area (Å²) in [5, 5.41) is 0.656. The molecule has 122 valence electrons. The zero-order valence-corrected chi connectivity index (χ0v) is 14.6. The average Bonchev–Trinajstić information content (AvgIpc) is 2.55. The highest BCUT2D eigenvalue weighted by molar-refractivity contribution is 6.30. The van der Waals surface area contributed by atoms with Crippen LogP contribution in [0.1, 0.15) is 12.5 Å². The maximum absolute atomic E-state index is 14.5. The third-order valence-corrected chi connectivity index (χ3v) is 3.99. The van der Waals surface area contributed by atoms with Crippen molar-refractivity contribution < 1.29 is 4.39 Å². The van der Waals surface area contributed by atoms with E-state index in [4.69, 9.17) is 11.6 Å². The van der Waals surface area contributed by atoms with Gasteiger partial charge in [0, 0.05) is 37.4 Å². The molecule has 0 spiro atoms. The van der Waals surface area contributed by atoms with Crippen molar-refractivity contribution in [2.75, 3.05) is 25.5 Å². The Morgan fingerprint density at radius 3 is 2.43 bits per heavy atom. The van der Waals surface area contributed by atoms with Crippen LogP contribution in [0.25, 0.3) is 0 Å². The van der Waals surface area contributed by atoms with Gasteiger partial charge in [-0.05, 0) is 49.7 Å². The lowest BCUT2D eigenvalue weighted by Crippen LogP contribution is -2.14. The molecule has 2 aromatic rings. The Hall–Kier alpha value is -2.07. The summed E-state index contributed by atoms with van der Waals surface area (Å²) < 4.78 is 14.5. The van der Waals surface area contributed by atoms with Crippen molar-refractivity contribution in [3.8, 4) is 0 Å². The van der Waals surface area contributed by atoms with Crippen LogP contribution in [-0.2, 0) is 0 Å². The molecule has 0 bridgehead atoms. The molecule has 0 unspecified atom stereocenters. The summed E-state index contributed by atoms with van der Waals surface area (Å²) in [4.78, 5) is 8.08. The topological polar surface area (TPSA) is 18.8 Å². The number of hydrogen-bond acceptors (Lipinski definition) is 2. The van der Waals surface area contributed by atoms with Gasteiger partial charge in [0.1, 0.15) is 5.82 Å². The second kappa shape index (κ2) is 7.47. The first-order valence-electron chi connectivity index (χ1n) is 7.46. The highest BCUT2D eigenvalue weighted by Gasteiger charge is 2.12. The third-order valence-electron chi connectivity index (χ3n) is 3.73. The molecule has 2 rings (SSSR count). The van der Waals surface area contributed by atoms with Crippen molar-refractivity contribution >= 4 is 35.0 Å². The van der Waals surface area contributed by atoms with Crippen LogP contribution in [0.15, 0.2) is 41.4 Å². The SMILES string of the molecule is CCN(C)/C=N\c1cc(F)c(N(C)c2ccc(Cl)cc2)cc1C.